The number of benzene rings is 2. The molecule has 3 saturated heterocycles. The van der Waals surface area contributed by atoms with Crippen LogP contribution in [0.15, 0.2) is 54.7 Å². The topological polar surface area (TPSA) is 326 Å². The lowest BCUT2D eigenvalue weighted by Gasteiger charge is -2.34. The van der Waals surface area contributed by atoms with Gasteiger partial charge in [-0.2, -0.15) is 5.26 Å². The third-order valence-corrected chi connectivity index (χ3v) is 15.9. The number of alkyl halides is 1. The number of nitrogens with zero attached hydrogens (tertiary/aromatic N) is 9. The van der Waals surface area contributed by atoms with Crippen molar-refractivity contribution in [3.8, 4) is 11.8 Å². The molecule has 1 aromatic heterocycles. The number of ether oxygens (including phenoxy) is 3. The predicted octanol–water partition coefficient (Wildman–Crippen LogP) is 0.823. The molecule has 0 aliphatic carbocycles. The third-order valence-electron chi connectivity index (χ3n) is 15.9. The number of halogens is 1. The monoisotopic (exact) mass is 1260 g/mol. The maximum Gasteiger partial charge on any atom is 0.317 e. The number of likely N-dealkylation sites (tertiary alicyclic amines) is 1. The van der Waals surface area contributed by atoms with Crippen LogP contribution in [0.2, 0.25) is 0 Å². The van der Waals surface area contributed by atoms with Gasteiger partial charge >= 0.3 is 5.97 Å². The molecule has 3 fully saturated rings. The second-order valence-electron chi connectivity index (χ2n) is 23.1. The molecule has 490 valence electrons. The Hall–Kier alpha value is -8.23. The van der Waals surface area contributed by atoms with Gasteiger partial charge in [-0.05, 0) is 95.2 Å². The summed E-state index contributed by atoms with van der Waals surface area (Å²) in [6, 6.07) is 14.7. The lowest BCUT2D eigenvalue weighted by Crippen LogP contribution is -2.53. The maximum atomic E-state index is 14.6. The number of carboxylic acid groups (broad SMARTS) is 1. The number of unbranched alkanes of at least 4 members (excludes halogenated alkanes) is 2. The number of amides is 7. The van der Waals surface area contributed by atoms with E-state index >= 15 is 0 Å². The van der Waals surface area contributed by atoms with Gasteiger partial charge in [-0.1, -0.05) is 29.8 Å². The van der Waals surface area contributed by atoms with Gasteiger partial charge in [0.2, 0.25) is 35.4 Å². The van der Waals surface area contributed by atoms with Gasteiger partial charge in [0.05, 0.1) is 49.9 Å². The zero-order valence-electron chi connectivity index (χ0n) is 51.6. The zero-order chi connectivity index (χ0) is 64.8. The molecule has 7 amide bonds. The molecular weight excluding hydrogens is 1170 g/mol. The van der Waals surface area contributed by atoms with E-state index in [0.717, 1.165) is 28.9 Å². The van der Waals surface area contributed by atoms with E-state index in [1.165, 1.54) is 19.2 Å². The van der Waals surface area contributed by atoms with Gasteiger partial charge in [0.25, 0.3) is 18.9 Å². The normalized spacial score (nSPS) is 18.6. The minimum Gasteiger partial charge on any atom is -0.494 e. The van der Waals surface area contributed by atoms with Crippen molar-refractivity contribution in [2.24, 2.45) is 0 Å². The van der Waals surface area contributed by atoms with Crippen molar-refractivity contribution in [2.45, 2.75) is 95.8 Å². The fraction of sp³-hybridized carbons (Fsp3) is 0.581. The number of fused-ring (bicyclic) bond motifs is 1. The summed E-state index contributed by atoms with van der Waals surface area (Å²) < 4.78 is 30.7. The van der Waals surface area contributed by atoms with E-state index in [9.17, 15) is 62.7 Å². The predicted molar refractivity (Wildman–Crippen MR) is 325 cm³/mol. The van der Waals surface area contributed by atoms with E-state index < -0.39 is 72.1 Å². The number of hydrogen-bond donors (Lipinski definition) is 5. The van der Waals surface area contributed by atoms with Crippen molar-refractivity contribution in [2.75, 3.05) is 138 Å². The van der Waals surface area contributed by atoms with Gasteiger partial charge in [-0.25, -0.2) is 4.39 Å². The van der Waals surface area contributed by atoms with Gasteiger partial charge < -0.3 is 45.1 Å². The average Bonchev–Trinajstić information content (AvgIpc) is 3.48. The number of imide groups is 1. The van der Waals surface area contributed by atoms with Crippen molar-refractivity contribution in [1.29, 1.82) is 5.26 Å². The summed E-state index contributed by atoms with van der Waals surface area (Å²) in [5.74, 6) is -4.44. The van der Waals surface area contributed by atoms with E-state index in [1.807, 2.05) is 47.1 Å². The van der Waals surface area contributed by atoms with E-state index in [0.29, 0.717) is 134 Å². The molecule has 4 heterocycles. The smallest absolute Gasteiger partial charge is 0.317 e. The number of nitrogens with one attached hydrogen (secondary N) is 4. The first kappa shape index (κ1) is 70.9. The van der Waals surface area contributed by atoms with Crippen molar-refractivity contribution < 1.29 is 71.7 Å². The summed E-state index contributed by atoms with van der Waals surface area (Å²) in [6.07, 6.45) is 4.90. The number of carbonyl (C=O) groups excluding carboxylic acids is 9. The number of rotatable bonds is 32. The number of aryl methyl sites for hydroxylation is 2. The number of aromatic nitrogens is 1. The van der Waals surface area contributed by atoms with E-state index in [1.54, 1.807) is 32.9 Å². The van der Waals surface area contributed by atoms with Crippen molar-refractivity contribution in [3.63, 3.8) is 0 Å². The quantitative estimate of drug-likeness (QED) is 0.0328. The molecule has 27 nitrogen and oxygen atoms in total. The van der Waals surface area contributed by atoms with Crippen LogP contribution in [0.3, 0.4) is 0 Å². The average molecular weight is 1260 g/mol. The number of pyridine rings is 1. The SMILES string of the molecule is Cc1ccc(CCCC(=O)NCCCC[C@H](NC(=O)CN2CCN(COC=O)CCN(COC=O)CCN(CC(=O)O)CC2)C(=O)NC(=O)CC(=O)N2CCN(CCCCOc3ccc4nccc(C(=O)NCC(=O)N5CC(C)(F)C[C@@H]5C#N)c4c3)CC2)cc1. The minimum absolute atomic E-state index is 0.0315. The number of aliphatic carboxylic acids is 1. The molecule has 5 N–H and O–H groups in total. The van der Waals surface area contributed by atoms with Crippen molar-refractivity contribution >= 4 is 71.2 Å². The van der Waals surface area contributed by atoms with E-state index in [-0.39, 0.29) is 83.6 Å². The molecule has 28 heteroatoms. The molecule has 6 rings (SSSR count). The van der Waals surface area contributed by atoms with Gasteiger partial charge in [-0.15, -0.1) is 0 Å². The summed E-state index contributed by atoms with van der Waals surface area (Å²) in [7, 11) is 0. The number of piperazine rings is 1. The second kappa shape index (κ2) is 37.1. The van der Waals surface area contributed by atoms with Crippen molar-refractivity contribution in [3.05, 3.63) is 71.4 Å². The highest BCUT2D eigenvalue weighted by Gasteiger charge is 2.43. The number of hydrogen-bond acceptors (Lipinski definition) is 20. The summed E-state index contributed by atoms with van der Waals surface area (Å²) in [4.78, 5) is 144. The molecule has 3 aliphatic rings. The molecule has 1 unspecified atom stereocenters. The summed E-state index contributed by atoms with van der Waals surface area (Å²) in [5.41, 5.74) is 1.40. The maximum absolute atomic E-state index is 14.6. The molecule has 3 aliphatic heterocycles. The highest BCUT2D eigenvalue weighted by molar-refractivity contribution is 6.07. The standard InChI is InChI=1S/C62H86FN13O14/c1-46-11-13-47(14-12-46)8-7-10-54(79)66-18-4-3-9-53(68-56(81)39-71-21-22-72(40-59(84)85)24-26-74(43-89-45-78)28-27-73(25-23-71)42-88-44-77)61(87)69-55(80)35-57(82)75-31-29-70(30-32-75)20-5-6-33-90-49-15-16-52-51(34-49)50(17-19-65-52)60(86)67-38-58(83)76-41-62(2,63)36-48(76)37-64/h11-17,19,34,44-45,48,53H,3-10,18,20-33,35-36,38-43H2,1-2H3,(H,66,79)(H,67,86)(H,68,81)(H,84,85)(H,69,80,87)/t48-,53+,62?/m1/s1. The minimum atomic E-state index is -1.69. The number of carboxylic acids is 1. The third kappa shape index (κ3) is 24.6. The van der Waals surface area contributed by atoms with Gasteiger partial charge in [0, 0.05) is 110 Å². The Kier molecular flexibility index (Phi) is 29.2. The van der Waals surface area contributed by atoms with Crippen LogP contribution in [0.25, 0.3) is 10.9 Å². The van der Waals surface area contributed by atoms with Crippen LogP contribution >= 0.6 is 0 Å². The van der Waals surface area contributed by atoms with Gasteiger partial charge in [0.1, 0.15) is 43.4 Å². The summed E-state index contributed by atoms with van der Waals surface area (Å²) >= 11 is 0. The molecule has 3 atom stereocenters. The lowest BCUT2D eigenvalue weighted by molar-refractivity contribution is -0.140. The molecule has 0 saturated carbocycles. The molecular formula is C62H86FN13O14. The van der Waals surface area contributed by atoms with Gasteiger partial charge in [-0.3, -0.25) is 82.7 Å². The Labute approximate surface area is 523 Å². The second-order valence-corrected chi connectivity index (χ2v) is 23.1. The Morgan fingerprint density at radius 3 is 2.04 bits per heavy atom. The fourth-order valence-electron chi connectivity index (χ4n) is 10.9. The van der Waals surface area contributed by atoms with Crippen LogP contribution < -0.4 is 26.0 Å². The van der Waals surface area contributed by atoms with Crippen molar-refractivity contribution in [1.82, 2.24) is 60.6 Å². The first-order chi connectivity index (χ1) is 43.3. The van der Waals surface area contributed by atoms with E-state index in [4.69, 9.17) is 14.2 Å². The molecule has 90 heavy (non-hydrogen) atoms. The first-order valence-corrected chi connectivity index (χ1v) is 30.7. The summed E-state index contributed by atoms with van der Waals surface area (Å²) in [6.45, 7) is 8.33. The summed E-state index contributed by atoms with van der Waals surface area (Å²) in [5, 5.41) is 30.2. The molecule has 0 radical (unpaired) electrons. The Morgan fingerprint density at radius 1 is 0.756 bits per heavy atom. The van der Waals surface area contributed by atoms with Crippen LogP contribution in [0.4, 0.5) is 4.39 Å². The first-order valence-electron chi connectivity index (χ1n) is 30.7. The van der Waals surface area contributed by atoms with Crippen LogP contribution in [-0.2, 0) is 59.0 Å². The van der Waals surface area contributed by atoms with E-state index in [2.05, 4.69) is 31.2 Å². The van der Waals surface area contributed by atoms with Crippen LogP contribution in [0.1, 0.15) is 86.2 Å². The highest BCUT2D eigenvalue weighted by Crippen LogP contribution is 2.30. The van der Waals surface area contributed by atoms with Crippen LogP contribution in [-0.4, -0.2) is 260 Å². The Bertz CT molecular complexity index is 2940. The Morgan fingerprint density at radius 2 is 1.40 bits per heavy atom. The molecule has 3 aromatic rings. The number of nitriles is 1. The van der Waals surface area contributed by atoms with Crippen LogP contribution in [0.5, 0.6) is 5.75 Å². The molecule has 2 aromatic carbocycles. The molecule has 0 spiro atoms. The fourth-order valence-corrected chi connectivity index (χ4v) is 10.9. The zero-order valence-corrected chi connectivity index (χ0v) is 51.6. The highest BCUT2D eigenvalue weighted by atomic mass is 19.1. The largest absolute Gasteiger partial charge is 0.494 e. The van der Waals surface area contributed by atoms with Gasteiger partial charge in [0.15, 0.2) is 0 Å². The lowest BCUT2D eigenvalue weighted by atomic mass is 10.1. The molecule has 0 bridgehead atoms. The van der Waals surface area contributed by atoms with Crippen LogP contribution in [0, 0.1) is 18.3 Å². The Balaban J connectivity index is 0.966. The number of carbonyl (C=O) groups is 10.